The van der Waals surface area contributed by atoms with Gasteiger partial charge in [0.1, 0.15) is 36.9 Å². The van der Waals surface area contributed by atoms with Gasteiger partial charge in [0, 0.05) is 12.1 Å². The Hall–Kier alpha value is -3.62. The molecule has 0 amide bonds. The quantitative estimate of drug-likeness (QED) is 0.169. The molecular weight excluding hydrogens is 473 g/mol. The van der Waals surface area contributed by atoms with E-state index < -0.39 is 44.7 Å². The summed E-state index contributed by atoms with van der Waals surface area (Å²) in [7, 11) is -4.41. The maximum absolute atomic E-state index is 12.5. The van der Waals surface area contributed by atoms with Gasteiger partial charge in [0.2, 0.25) is 0 Å². The number of aromatic carboxylic acids is 1. The van der Waals surface area contributed by atoms with Crippen molar-refractivity contribution in [2.75, 3.05) is 18.1 Å². The van der Waals surface area contributed by atoms with E-state index >= 15 is 0 Å². The summed E-state index contributed by atoms with van der Waals surface area (Å²) >= 11 is 0. The number of carboxylic acid groups (broad SMARTS) is 1. The lowest BCUT2D eigenvalue weighted by Crippen LogP contribution is -2.30. The lowest BCUT2D eigenvalue weighted by molar-refractivity contribution is -0.0483. The van der Waals surface area contributed by atoms with Crippen molar-refractivity contribution < 1.29 is 38.2 Å². The first-order valence-corrected chi connectivity index (χ1v) is 11.4. The Morgan fingerprint density at radius 3 is 2.65 bits per heavy atom. The summed E-state index contributed by atoms with van der Waals surface area (Å²) in [5.74, 6) is -1.99. The van der Waals surface area contributed by atoms with Crippen molar-refractivity contribution in [1.29, 1.82) is 0 Å². The van der Waals surface area contributed by atoms with Crippen LogP contribution in [0.5, 0.6) is 0 Å². The van der Waals surface area contributed by atoms with E-state index in [0.717, 1.165) is 6.07 Å². The molecule has 34 heavy (non-hydrogen) atoms. The van der Waals surface area contributed by atoms with E-state index in [4.69, 9.17) is 36.1 Å². The largest absolute Gasteiger partial charge is 0.478 e. The van der Waals surface area contributed by atoms with Gasteiger partial charge < -0.3 is 30.9 Å². The molecule has 1 fully saturated rings. The highest BCUT2D eigenvalue weighted by Gasteiger charge is 2.41. The van der Waals surface area contributed by atoms with Crippen molar-refractivity contribution in [1.82, 2.24) is 19.5 Å². The van der Waals surface area contributed by atoms with E-state index in [1.165, 1.54) is 29.4 Å². The number of nitrogen functional groups attached to an aromatic ring is 2. The maximum atomic E-state index is 12.5. The van der Waals surface area contributed by atoms with Gasteiger partial charge in [-0.05, 0) is 18.2 Å². The van der Waals surface area contributed by atoms with Crippen LogP contribution in [0.25, 0.3) is 11.2 Å². The lowest BCUT2D eigenvalue weighted by atomic mass is 10.1. The standard InChI is InChI=1S/C18H20N7O8P/c19-10-2-8(17(26)27)1-9(3-10)18(28)31-5-12-11(33-34(21,29)30)4-13(32-12)25-7-24-14-15(20)22-6-23-16(14)25/h1-3,6-7,11-13H,4-5,19H2,(H,26,27)(H2,20,22,23)(H3,21,29,30)/t11-,12+,13+/m0/s1. The number of fused-ring (bicyclic) bond motifs is 1. The van der Waals surface area contributed by atoms with Gasteiger partial charge in [-0.1, -0.05) is 0 Å². The number of anilines is 2. The minimum absolute atomic E-state index is 0.0424. The van der Waals surface area contributed by atoms with Gasteiger partial charge >= 0.3 is 19.7 Å². The maximum Gasteiger partial charge on any atom is 0.400 e. The molecule has 1 unspecified atom stereocenters. The van der Waals surface area contributed by atoms with Gasteiger partial charge in [-0.3, -0.25) is 9.09 Å². The number of nitrogens with two attached hydrogens (primary N) is 3. The number of carbonyl (C=O) groups is 2. The van der Waals surface area contributed by atoms with Crippen LogP contribution in [0.3, 0.4) is 0 Å². The predicted octanol–water partition coefficient (Wildman–Crippen LogP) is 0.278. The fourth-order valence-corrected chi connectivity index (χ4v) is 4.15. The molecule has 0 bridgehead atoms. The van der Waals surface area contributed by atoms with E-state index in [-0.39, 0.29) is 29.1 Å². The molecule has 0 radical (unpaired) electrons. The summed E-state index contributed by atoms with van der Waals surface area (Å²) in [4.78, 5) is 45.4. The molecule has 0 saturated carbocycles. The Morgan fingerprint density at radius 2 is 1.94 bits per heavy atom. The van der Waals surface area contributed by atoms with Crippen molar-refractivity contribution in [2.24, 2.45) is 5.50 Å². The molecule has 0 aliphatic carbocycles. The van der Waals surface area contributed by atoms with Crippen molar-refractivity contribution in [3.8, 4) is 0 Å². The Balaban J connectivity index is 1.53. The van der Waals surface area contributed by atoms with Crippen molar-refractivity contribution >= 4 is 42.4 Å². The molecule has 4 rings (SSSR count). The number of imidazole rings is 1. The number of hydrogen-bond acceptors (Lipinski definition) is 11. The SMILES string of the molecule is Nc1cc(C(=O)O)cc(C(=O)OC[C@H]2O[C@@H](n3cnc4c(N)ncnc43)C[C@@H]2OP(N)(=O)O)c1. The molecule has 1 aliphatic heterocycles. The van der Waals surface area contributed by atoms with Crippen molar-refractivity contribution in [3.63, 3.8) is 0 Å². The van der Waals surface area contributed by atoms with Gasteiger partial charge in [0.05, 0.1) is 17.5 Å². The highest BCUT2D eigenvalue weighted by molar-refractivity contribution is 7.50. The van der Waals surface area contributed by atoms with Gasteiger partial charge in [-0.2, -0.15) is 0 Å². The number of nitrogens with zero attached hydrogens (tertiary/aromatic N) is 4. The summed E-state index contributed by atoms with van der Waals surface area (Å²) in [6.07, 6.45) is -0.115. The topological polar surface area (TPSA) is 241 Å². The Labute approximate surface area is 191 Å². The smallest absolute Gasteiger partial charge is 0.400 e. The molecule has 15 nitrogen and oxygen atoms in total. The summed E-state index contributed by atoms with van der Waals surface area (Å²) in [6, 6.07) is 3.56. The second-order valence-electron chi connectivity index (χ2n) is 7.40. The third-order valence-electron chi connectivity index (χ3n) is 4.98. The van der Waals surface area contributed by atoms with E-state index in [0.29, 0.717) is 11.2 Å². The third-order valence-corrected chi connectivity index (χ3v) is 5.55. The van der Waals surface area contributed by atoms with Crippen LogP contribution in [-0.2, 0) is 18.6 Å². The molecule has 1 saturated heterocycles. The summed E-state index contributed by atoms with van der Waals surface area (Å²) in [6.45, 7) is -0.402. The highest BCUT2D eigenvalue weighted by Crippen LogP contribution is 2.41. The molecule has 8 N–H and O–H groups in total. The molecule has 4 atom stereocenters. The molecule has 3 aromatic rings. The van der Waals surface area contributed by atoms with E-state index in [1.807, 2.05) is 0 Å². The Kier molecular flexibility index (Phi) is 6.20. The van der Waals surface area contributed by atoms with E-state index in [9.17, 15) is 19.0 Å². The van der Waals surface area contributed by atoms with Gasteiger partial charge in [-0.15, -0.1) is 0 Å². The Morgan fingerprint density at radius 1 is 1.21 bits per heavy atom. The monoisotopic (exact) mass is 493 g/mol. The summed E-state index contributed by atoms with van der Waals surface area (Å²) in [5.41, 5.74) is 17.1. The Bertz CT molecular complexity index is 1310. The number of ether oxygens (including phenoxy) is 2. The average Bonchev–Trinajstić information content (AvgIpc) is 3.35. The number of rotatable bonds is 7. The minimum Gasteiger partial charge on any atom is -0.478 e. The number of aromatic nitrogens is 4. The molecule has 16 heteroatoms. The first-order chi connectivity index (χ1) is 16.0. The highest BCUT2D eigenvalue weighted by atomic mass is 31.2. The molecular formula is C18H20N7O8P. The molecule has 180 valence electrons. The zero-order chi connectivity index (χ0) is 24.6. The van der Waals surface area contributed by atoms with Gasteiger partial charge in [0.15, 0.2) is 11.5 Å². The molecule has 0 spiro atoms. The number of esters is 1. The van der Waals surface area contributed by atoms with Crippen molar-refractivity contribution in [3.05, 3.63) is 42.0 Å². The zero-order valence-corrected chi connectivity index (χ0v) is 18.2. The van der Waals surface area contributed by atoms with Crippen LogP contribution in [0.1, 0.15) is 33.4 Å². The van der Waals surface area contributed by atoms with Crippen LogP contribution in [0.2, 0.25) is 0 Å². The summed E-state index contributed by atoms with van der Waals surface area (Å²) in [5, 5.41) is 9.14. The lowest BCUT2D eigenvalue weighted by Gasteiger charge is -2.19. The molecule has 2 aromatic heterocycles. The van der Waals surface area contributed by atoms with E-state index in [2.05, 4.69) is 15.0 Å². The van der Waals surface area contributed by atoms with Gasteiger partial charge in [0.25, 0.3) is 0 Å². The first kappa shape index (κ1) is 23.5. The van der Waals surface area contributed by atoms with Crippen LogP contribution in [0, 0.1) is 0 Å². The minimum atomic E-state index is -4.41. The second-order valence-corrected chi connectivity index (χ2v) is 8.74. The fourth-order valence-electron chi connectivity index (χ4n) is 3.54. The predicted molar refractivity (Wildman–Crippen MR) is 115 cm³/mol. The second kappa shape index (κ2) is 8.96. The molecule has 1 aliphatic rings. The normalized spacial score (nSPS) is 21.9. The van der Waals surface area contributed by atoms with E-state index in [1.54, 1.807) is 0 Å². The van der Waals surface area contributed by atoms with Crippen molar-refractivity contribution in [2.45, 2.75) is 24.9 Å². The number of hydrogen-bond donors (Lipinski definition) is 5. The number of carboxylic acids is 1. The average molecular weight is 493 g/mol. The van der Waals surface area contributed by atoms with Crippen LogP contribution >= 0.6 is 7.75 Å². The van der Waals surface area contributed by atoms with Gasteiger partial charge in [-0.25, -0.2) is 34.6 Å². The third kappa shape index (κ3) is 4.98. The zero-order valence-electron chi connectivity index (χ0n) is 17.3. The number of carbonyl (C=O) groups excluding carboxylic acids is 1. The van der Waals surface area contributed by atoms with Crippen LogP contribution < -0.4 is 17.0 Å². The van der Waals surface area contributed by atoms with Crippen LogP contribution in [0.4, 0.5) is 11.5 Å². The van der Waals surface area contributed by atoms with Crippen LogP contribution in [0.15, 0.2) is 30.9 Å². The fraction of sp³-hybridized carbons (Fsp3) is 0.278. The first-order valence-electron chi connectivity index (χ1n) is 9.71. The molecule has 1 aromatic carbocycles. The molecule has 3 heterocycles. The summed E-state index contributed by atoms with van der Waals surface area (Å²) < 4.78 is 29.4. The number of benzene rings is 1. The van der Waals surface area contributed by atoms with Crippen LogP contribution in [-0.4, -0.2) is 60.3 Å².